The van der Waals surface area contributed by atoms with E-state index in [1.54, 1.807) is 0 Å². The largest absolute Gasteiger partial charge is 0.345 e. The molecule has 180 valence electrons. The van der Waals surface area contributed by atoms with Gasteiger partial charge in [-0.3, -0.25) is 0 Å². The zero-order chi connectivity index (χ0) is 25.4. The number of anilines is 2. The molecule has 0 spiro atoms. The fraction of sp³-hybridized carbons (Fsp3) is 0.294. The second-order valence-electron chi connectivity index (χ2n) is 11.1. The number of nitrogens with zero attached hydrogens (tertiary/aromatic N) is 1. The summed E-state index contributed by atoms with van der Waals surface area (Å²) in [7, 11) is 2.14. The predicted molar refractivity (Wildman–Crippen MR) is 152 cm³/mol. The fourth-order valence-corrected chi connectivity index (χ4v) is 4.79. The van der Waals surface area contributed by atoms with E-state index in [9.17, 15) is 0 Å². The van der Waals surface area contributed by atoms with Crippen LogP contribution in [0.15, 0.2) is 91.0 Å². The summed E-state index contributed by atoms with van der Waals surface area (Å²) < 4.78 is 0. The van der Waals surface area contributed by atoms with Gasteiger partial charge in [0.1, 0.15) is 0 Å². The maximum Gasteiger partial charge on any atom is 0.0410 e. The Morgan fingerprint density at radius 1 is 0.457 bits per heavy atom. The minimum absolute atomic E-state index is 0.0308. The summed E-state index contributed by atoms with van der Waals surface area (Å²) >= 11 is 0. The van der Waals surface area contributed by atoms with Crippen molar-refractivity contribution in [2.75, 3.05) is 11.9 Å². The molecule has 0 saturated heterocycles. The predicted octanol–water partition coefficient (Wildman–Crippen LogP) is 9.03. The second-order valence-corrected chi connectivity index (χ2v) is 11.1. The summed E-state index contributed by atoms with van der Waals surface area (Å²) in [6, 6.07) is 33.8. The van der Waals surface area contributed by atoms with Gasteiger partial charge in [-0.1, -0.05) is 100.0 Å². The third-order valence-corrected chi connectivity index (χ3v) is 7.96. The molecule has 35 heavy (non-hydrogen) atoms. The zero-order valence-electron chi connectivity index (χ0n) is 22.6. The first kappa shape index (κ1) is 24.8. The molecule has 0 saturated carbocycles. The van der Waals surface area contributed by atoms with E-state index in [1.807, 2.05) is 0 Å². The van der Waals surface area contributed by atoms with E-state index in [2.05, 4.69) is 151 Å². The molecule has 0 heterocycles. The topological polar surface area (TPSA) is 3.24 Å². The molecule has 0 fully saturated rings. The van der Waals surface area contributed by atoms with E-state index in [-0.39, 0.29) is 10.8 Å². The quantitative estimate of drug-likeness (QED) is 0.277. The molecule has 4 aromatic rings. The van der Waals surface area contributed by atoms with Crippen LogP contribution in [0.3, 0.4) is 0 Å². The van der Waals surface area contributed by atoms with Crippen LogP contribution in [-0.2, 0) is 10.8 Å². The Hall–Kier alpha value is -3.32. The lowest BCUT2D eigenvalue weighted by molar-refractivity contribution is 0.626. The van der Waals surface area contributed by atoms with Crippen LogP contribution < -0.4 is 4.90 Å². The molecule has 0 aromatic heterocycles. The molecule has 1 nitrogen and oxygen atoms in total. The highest BCUT2D eigenvalue weighted by molar-refractivity contribution is 5.64. The number of hydrogen-bond donors (Lipinski definition) is 0. The molecule has 0 unspecified atom stereocenters. The van der Waals surface area contributed by atoms with Crippen molar-refractivity contribution in [1.29, 1.82) is 0 Å². The van der Waals surface area contributed by atoms with Gasteiger partial charge in [-0.15, -0.1) is 0 Å². The van der Waals surface area contributed by atoms with Crippen LogP contribution in [0.1, 0.15) is 66.6 Å². The number of hydrogen-bond acceptors (Lipinski definition) is 1. The maximum absolute atomic E-state index is 2.31. The van der Waals surface area contributed by atoms with Gasteiger partial charge in [0, 0.05) is 29.3 Å². The van der Waals surface area contributed by atoms with Crippen molar-refractivity contribution in [3.8, 4) is 0 Å². The van der Waals surface area contributed by atoms with Gasteiger partial charge >= 0.3 is 0 Å². The molecule has 4 rings (SSSR count). The van der Waals surface area contributed by atoms with Crippen molar-refractivity contribution < 1.29 is 0 Å². The summed E-state index contributed by atoms with van der Waals surface area (Å²) in [6.07, 6.45) is 0. The van der Waals surface area contributed by atoms with Gasteiger partial charge < -0.3 is 4.90 Å². The highest BCUT2D eigenvalue weighted by atomic mass is 15.1. The molecule has 0 aliphatic rings. The van der Waals surface area contributed by atoms with Crippen LogP contribution in [0.4, 0.5) is 11.4 Å². The minimum Gasteiger partial charge on any atom is -0.345 e. The Kier molecular flexibility index (Phi) is 6.64. The van der Waals surface area contributed by atoms with Crippen LogP contribution >= 0.6 is 0 Å². The summed E-state index contributed by atoms with van der Waals surface area (Å²) in [4.78, 5) is 2.26. The molecule has 0 aliphatic carbocycles. The van der Waals surface area contributed by atoms with Crippen molar-refractivity contribution in [2.45, 2.75) is 59.3 Å². The van der Waals surface area contributed by atoms with Gasteiger partial charge in [0.2, 0.25) is 0 Å². The van der Waals surface area contributed by atoms with Gasteiger partial charge in [-0.2, -0.15) is 0 Å². The van der Waals surface area contributed by atoms with Gasteiger partial charge in [0.05, 0.1) is 0 Å². The van der Waals surface area contributed by atoms with Gasteiger partial charge in [-0.25, -0.2) is 0 Å². The average Bonchev–Trinajstić information content (AvgIpc) is 2.85. The SMILES string of the molecule is Cc1ccc(C(C)(C)c2ccc(C(C)(C)c3ccc(N(C)c4ccc(C)c(C)c4)cc3)cc2)cc1. The summed E-state index contributed by atoms with van der Waals surface area (Å²) in [5, 5.41) is 0. The van der Waals surface area contributed by atoms with Crippen LogP contribution in [0.5, 0.6) is 0 Å². The van der Waals surface area contributed by atoms with Crippen LogP contribution in [0, 0.1) is 20.8 Å². The normalized spacial score (nSPS) is 12.0. The molecule has 0 atom stereocenters. The lowest BCUT2D eigenvalue weighted by atomic mass is 9.74. The van der Waals surface area contributed by atoms with Gasteiger partial charge in [0.25, 0.3) is 0 Å². The Morgan fingerprint density at radius 2 is 0.829 bits per heavy atom. The summed E-state index contributed by atoms with van der Waals surface area (Å²) in [5.41, 5.74) is 11.6. The van der Waals surface area contributed by atoms with Crippen molar-refractivity contribution in [3.63, 3.8) is 0 Å². The summed E-state index contributed by atoms with van der Waals surface area (Å²) in [6.45, 7) is 15.7. The number of benzene rings is 4. The number of rotatable bonds is 6. The first-order chi connectivity index (χ1) is 16.5. The molecule has 1 heteroatoms. The first-order valence-corrected chi connectivity index (χ1v) is 12.6. The fourth-order valence-electron chi connectivity index (χ4n) is 4.79. The lowest BCUT2D eigenvalue weighted by Crippen LogP contribution is -2.21. The Labute approximate surface area is 212 Å². The Bertz CT molecular complexity index is 1290. The van der Waals surface area contributed by atoms with E-state index < -0.39 is 0 Å². The highest BCUT2D eigenvalue weighted by Crippen LogP contribution is 2.36. The molecule has 0 bridgehead atoms. The summed E-state index contributed by atoms with van der Waals surface area (Å²) in [5.74, 6) is 0. The van der Waals surface area contributed by atoms with Crippen molar-refractivity contribution in [1.82, 2.24) is 0 Å². The Balaban J connectivity index is 1.56. The second kappa shape index (κ2) is 9.38. The Morgan fingerprint density at radius 3 is 1.26 bits per heavy atom. The highest BCUT2D eigenvalue weighted by Gasteiger charge is 2.26. The van der Waals surface area contributed by atoms with E-state index in [0.29, 0.717) is 0 Å². The molecule has 0 radical (unpaired) electrons. The third-order valence-electron chi connectivity index (χ3n) is 7.96. The lowest BCUT2D eigenvalue weighted by Gasteiger charge is -2.30. The van der Waals surface area contributed by atoms with E-state index in [0.717, 1.165) is 0 Å². The van der Waals surface area contributed by atoms with E-state index in [1.165, 1.54) is 50.3 Å². The average molecular weight is 462 g/mol. The molecular formula is C34H39N. The monoisotopic (exact) mass is 461 g/mol. The third kappa shape index (κ3) is 4.91. The molecule has 0 amide bonds. The first-order valence-electron chi connectivity index (χ1n) is 12.6. The smallest absolute Gasteiger partial charge is 0.0410 e. The molecule has 0 aliphatic heterocycles. The van der Waals surface area contributed by atoms with Crippen molar-refractivity contribution >= 4 is 11.4 Å². The number of aryl methyl sites for hydroxylation is 3. The molecule has 0 N–H and O–H groups in total. The van der Waals surface area contributed by atoms with Crippen molar-refractivity contribution in [2.24, 2.45) is 0 Å². The van der Waals surface area contributed by atoms with Crippen LogP contribution in [-0.4, -0.2) is 7.05 Å². The van der Waals surface area contributed by atoms with E-state index >= 15 is 0 Å². The van der Waals surface area contributed by atoms with Crippen molar-refractivity contribution in [3.05, 3.63) is 130 Å². The molecule has 4 aromatic carbocycles. The standard InChI is InChI=1S/C34H39N/c1-24-9-12-27(13-10-24)33(4,5)28-14-16-29(17-15-28)34(6,7)30-18-21-31(22-19-30)35(8)32-20-11-25(2)26(3)23-32/h9-23H,1-8H3. The van der Waals surface area contributed by atoms with Crippen LogP contribution in [0.25, 0.3) is 0 Å². The van der Waals surface area contributed by atoms with E-state index in [4.69, 9.17) is 0 Å². The van der Waals surface area contributed by atoms with Gasteiger partial charge in [-0.05, 0) is 78.4 Å². The van der Waals surface area contributed by atoms with Gasteiger partial charge in [0.15, 0.2) is 0 Å². The van der Waals surface area contributed by atoms with Crippen LogP contribution in [0.2, 0.25) is 0 Å². The zero-order valence-corrected chi connectivity index (χ0v) is 22.6. The maximum atomic E-state index is 2.31. The minimum atomic E-state index is -0.0793. The molecular weight excluding hydrogens is 422 g/mol.